The first kappa shape index (κ1) is 11.6. The van der Waals surface area contributed by atoms with Gasteiger partial charge in [-0.25, -0.2) is 0 Å². The van der Waals surface area contributed by atoms with E-state index in [1.54, 1.807) is 18.2 Å². The Balaban J connectivity index is 2.67. The van der Waals surface area contributed by atoms with Crippen LogP contribution in [0.15, 0.2) is 18.2 Å². The fourth-order valence-corrected chi connectivity index (χ4v) is 1.17. The van der Waals surface area contributed by atoms with Crippen molar-refractivity contribution in [1.29, 1.82) is 10.5 Å². The van der Waals surface area contributed by atoms with Crippen molar-refractivity contribution < 1.29 is 4.74 Å². The molecule has 0 saturated heterocycles. The van der Waals surface area contributed by atoms with Crippen molar-refractivity contribution in [1.82, 2.24) is 0 Å². The highest BCUT2D eigenvalue weighted by atomic mass is 16.5. The van der Waals surface area contributed by atoms with Crippen LogP contribution in [0, 0.1) is 35.0 Å². The monoisotopic (exact) mass is 210 g/mol. The van der Waals surface area contributed by atoms with Crippen LogP contribution in [0.3, 0.4) is 0 Å². The molecule has 0 N–H and O–H groups in total. The Kier molecular flexibility index (Phi) is 4.45. The summed E-state index contributed by atoms with van der Waals surface area (Å²) in [5.74, 6) is 3.11. The standard InChI is InChI=1S/C13H10N2O/c1-2-3-4-7-16-13-6-5-11(9-14)12(8-13)10-15/h1,5-6,8H,3-4,7H2. The van der Waals surface area contributed by atoms with E-state index in [1.807, 2.05) is 12.1 Å². The van der Waals surface area contributed by atoms with Crippen LogP contribution in [0.25, 0.3) is 0 Å². The molecule has 0 amide bonds. The van der Waals surface area contributed by atoms with E-state index in [2.05, 4.69) is 5.92 Å². The van der Waals surface area contributed by atoms with Crippen LogP contribution < -0.4 is 4.74 Å². The molecule has 0 aliphatic carbocycles. The lowest BCUT2D eigenvalue weighted by molar-refractivity contribution is 0.313. The Labute approximate surface area is 94.9 Å². The summed E-state index contributed by atoms with van der Waals surface area (Å²) in [7, 11) is 0. The summed E-state index contributed by atoms with van der Waals surface area (Å²) in [6, 6.07) is 8.72. The summed E-state index contributed by atoms with van der Waals surface area (Å²) in [6.07, 6.45) is 6.55. The summed E-state index contributed by atoms with van der Waals surface area (Å²) in [6.45, 7) is 0.515. The summed E-state index contributed by atoms with van der Waals surface area (Å²) < 4.78 is 5.39. The SMILES string of the molecule is C#CCCCOc1ccc(C#N)c(C#N)c1. The molecule has 1 aromatic rings. The number of ether oxygens (including phenoxy) is 1. The number of rotatable bonds is 4. The van der Waals surface area contributed by atoms with Crippen LogP contribution in [-0.4, -0.2) is 6.61 Å². The number of hydrogen-bond acceptors (Lipinski definition) is 3. The lowest BCUT2D eigenvalue weighted by Crippen LogP contribution is -1.97. The predicted molar refractivity (Wildman–Crippen MR) is 59.4 cm³/mol. The van der Waals surface area contributed by atoms with Gasteiger partial charge in [0.25, 0.3) is 0 Å². The van der Waals surface area contributed by atoms with E-state index in [4.69, 9.17) is 21.7 Å². The zero-order valence-corrected chi connectivity index (χ0v) is 8.73. The topological polar surface area (TPSA) is 56.8 Å². The predicted octanol–water partition coefficient (Wildman–Crippen LogP) is 2.22. The first-order valence-electron chi connectivity index (χ1n) is 4.82. The van der Waals surface area contributed by atoms with Gasteiger partial charge in [0, 0.05) is 6.42 Å². The van der Waals surface area contributed by atoms with Crippen molar-refractivity contribution in [3.8, 4) is 30.2 Å². The molecule has 3 nitrogen and oxygen atoms in total. The van der Waals surface area contributed by atoms with E-state index in [1.165, 1.54) is 0 Å². The van der Waals surface area contributed by atoms with Gasteiger partial charge in [-0.05, 0) is 24.6 Å². The third-order valence-corrected chi connectivity index (χ3v) is 1.97. The van der Waals surface area contributed by atoms with Gasteiger partial charge in [0.15, 0.2) is 0 Å². The molecule has 0 saturated carbocycles. The van der Waals surface area contributed by atoms with E-state index in [0.717, 1.165) is 6.42 Å². The molecule has 0 radical (unpaired) electrons. The molecule has 1 rings (SSSR count). The number of nitrogens with zero attached hydrogens (tertiary/aromatic N) is 2. The summed E-state index contributed by atoms with van der Waals surface area (Å²) >= 11 is 0. The van der Waals surface area contributed by atoms with Gasteiger partial charge in [0.05, 0.1) is 17.7 Å². The Morgan fingerprint density at radius 1 is 1.19 bits per heavy atom. The minimum atomic E-state index is 0.331. The number of nitriles is 2. The molecule has 3 heteroatoms. The molecular weight excluding hydrogens is 200 g/mol. The second-order valence-corrected chi connectivity index (χ2v) is 3.09. The normalized spacial score (nSPS) is 8.56. The van der Waals surface area contributed by atoms with Gasteiger partial charge in [-0.15, -0.1) is 12.3 Å². The fourth-order valence-electron chi connectivity index (χ4n) is 1.17. The van der Waals surface area contributed by atoms with Gasteiger partial charge >= 0.3 is 0 Å². The first-order chi connectivity index (χ1) is 7.81. The minimum absolute atomic E-state index is 0.331. The molecule has 0 aromatic heterocycles. The molecule has 0 atom stereocenters. The van der Waals surface area contributed by atoms with Gasteiger partial charge < -0.3 is 4.74 Å². The van der Waals surface area contributed by atoms with Crippen LogP contribution in [0.5, 0.6) is 5.75 Å². The minimum Gasteiger partial charge on any atom is -0.494 e. The van der Waals surface area contributed by atoms with E-state index < -0.39 is 0 Å². The highest BCUT2D eigenvalue weighted by molar-refractivity contribution is 5.49. The lowest BCUT2D eigenvalue weighted by Gasteiger charge is -2.05. The Bertz CT molecular complexity index is 486. The zero-order valence-electron chi connectivity index (χ0n) is 8.73. The van der Waals surface area contributed by atoms with Gasteiger partial charge in [0.2, 0.25) is 0 Å². The van der Waals surface area contributed by atoms with Crippen molar-refractivity contribution in [2.24, 2.45) is 0 Å². The second kappa shape index (κ2) is 6.12. The Morgan fingerprint density at radius 3 is 2.56 bits per heavy atom. The molecular formula is C13H10N2O. The van der Waals surface area contributed by atoms with Gasteiger partial charge in [-0.2, -0.15) is 10.5 Å². The smallest absolute Gasteiger partial charge is 0.120 e. The largest absolute Gasteiger partial charge is 0.494 e. The summed E-state index contributed by atoms with van der Waals surface area (Å²) in [4.78, 5) is 0. The summed E-state index contributed by atoms with van der Waals surface area (Å²) in [5, 5.41) is 17.5. The maximum atomic E-state index is 8.80. The maximum absolute atomic E-state index is 8.80. The van der Waals surface area contributed by atoms with E-state index in [9.17, 15) is 0 Å². The van der Waals surface area contributed by atoms with Crippen LogP contribution in [0.2, 0.25) is 0 Å². The van der Waals surface area contributed by atoms with Crippen LogP contribution in [-0.2, 0) is 0 Å². The third-order valence-electron chi connectivity index (χ3n) is 1.97. The molecule has 0 heterocycles. The number of hydrogen-bond donors (Lipinski definition) is 0. The molecule has 0 unspecified atom stereocenters. The molecule has 0 bridgehead atoms. The van der Waals surface area contributed by atoms with Crippen LogP contribution in [0.1, 0.15) is 24.0 Å². The lowest BCUT2D eigenvalue weighted by atomic mass is 10.1. The van der Waals surface area contributed by atoms with Gasteiger partial charge in [-0.1, -0.05) is 0 Å². The quantitative estimate of drug-likeness (QED) is 0.565. The Hall–Kier alpha value is -2.44. The highest BCUT2D eigenvalue weighted by Crippen LogP contribution is 2.16. The van der Waals surface area contributed by atoms with Crippen molar-refractivity contribution in [2.45, 2.75) is 12.8 Å². The molecule has 0 spiro atoms. The Morgan fingerprint density at radius 2 is 1.94 bits per heavy atom. The first-order valence-corrected chi connectivity index (χ1v) is 4.82. The molecule has 0 aliphatic rings. The van der Waals surface area contributed by atoms with Crippen LogP contribution in [0.4, 0.5) is 0 Å². The summed E-state index contributed by atoms with van der Waals surface area (Å²) in [5.41, 5.74) is 0.690. The third kappa shape index (κ3) is 3.05. The molecule has 0 fully saturated rings. The van der Waals surface area contributed by atoms with E-state index in [-0.39, 0.29) is 0 Å². The van der Waals surface area contributed by atoms with Crippen LogP contribution >= 0.6 is 0 Å². The van der Waals surface area contributed by atoms with Gasteiger partial charge in [0.1, 0.15) is 17.9 Å². The fraction of sp³-hybridized carbons (Fsp3) is 0.231. The molecule has 1 aromatic carbocycles. The number of benzene rings is 1. The van der Waals surface area contributed by atoms with E-state index >= 15 is 0 Å². The van der Waals surface area contributed by atoms with Crippen molar-refractivity contribution in [3.63, 3.8) is 0 Å². The maximum Gasteiger partial charge on any atom is 0.120 e. The van der Waals surface area contributed by atoms with Crippen molar-refractivity contribution >= 4 is 0 Å². The van der Waals surface area contributed by atoms with Crippen molar-refractivity contribution in [2.75, 3.05) is 6.61 Å². The molecule has 78 valence electrons. The number of unbranched alkanes of at least 4 members (excludes halogenated alkanes) is 1. The van der Waals surface area contributed by atoms with Crippen molar-refractivity contribution in [3.05, 3.63) is 29.3 Å². The van der Waals surface area contributed by atoms with Gasteiger partial charge in [-0.3, -0.25) is 0 Å². The molecule has 0 aliphatic heterocycles. The zero-order chi connectivity index (χ0) is 11.8. The number of terminal acetylenes is 1. The second-order valence-electron chi connectivity index (χ2n) is 3.09. The average Bonchev–Trinajstić information content (AvgIpc) is 2.34. The van der Waals surface area contributed by atoms with E-state index in [0.29, 0.717) is 29.9 Å². The molecule has 16 heavy (non-hydrogen) atoms. The average molecular weight is 210 g/mol. The highest BCUT2D eigenvalue weighted by Gasteiger charge is 2.03.